The highest BCUT2D eigenvalue weighted by Gasteiger charge is 2.26. The third-order valence-corrected chi connectivity index (χ3v) is 4.96. The Bertz CT molecular complexity index is 1230. The monoisotopic (exact) mass is 350 g/mol. The van der Waals surface area contributed by atoms with Gasteiger partial charge in [0, 0.05) is 12.5 Å². The minimum atomic E-state index is -0.675. The van der Waals surface area contributed by atoms with Crippen LogP contribution in [0.15, 0.2) is 50.2 Å². The molecule has 2 aromatic carbocycles. The van der Waals surface area contributed by atoms with Gasteiger partial charge in [-0.25, -0.2) is 4.79 Å². The fraction of sp³-hybridized carbons (Fsp3) is 0.200. The molecule has 4 aromatic rings. The zero-order valence-corrected chi connectivity index (χ0v) is 14.4. The van der Waals surface area contributed by atoms with E-state index in [2.05, 4.69) is 16.8 Å². The standard InChI is InChI=1S/C20H16NO5/c1-23-16-4-3-11-7-15-13-9-18-17(25-20(22)26-18)8-12(13)5-6-21(15)10-14(11)19(16)24-2/h3-4,7-10H,5-6H2,1-2H3/q+1. The van der Waals surface area contributed by atoms with Crippen molar-refractivity contribution in [2.75, 3.05) is 14.2 Å². The molecule has 2 aromatic heterocycles. The van der Waals surface area contributed by atoms with Crippen LogP contribution in [0, 0.1) is 0 Å². The van der Waals surface area contributed by atoms with Crippen molar-refractivity contribution in [3.63, 3.8) is 0 Å². The van der Waals surface area contributed by atoms with Crippen LogP contribution in [0.2, 0.25) is 0 Å². The lowest BCUT2D eigenvalue weighted by atomic mass is 9.95. The largest absolute Gasteiger partial charge is 0.519 e. The Morgan fingerprint density at radius 1 is 1.04 bits per heavy atom. The summed E-state index contributed by atoms with van der Waals surface area (Å²) in [6.07, 6.45) is 2.93. The number of aromatic nitrogens is 1. The number of methoxy groups -OCH3 is 2. The maximum atomic E-state index is 11.4. The molecule has 6 heteroatoms. The predicted octanol–water partition coefficient (Wildman–Crippen LogP) is 3.07. The Morgan fingerprint density at radius 3 is 2.62 bits per heavy atom. The fourth-order valence-electron chi connectivity index (χ4n) is 3.75. The van der Waals surface area contributed by atoms with Crippen LogP contribution in [0.25, 0.3) is 33.2 Å². The summed E-state index contributed by atoms with van der Waals surface area (Å²) < 4.78 is 23.4. The summed E-state index contributed by atoms with van der Waals surface area (Å²) in [5.41, 5.74) is 4.22. The topological polar surface area (TPSA) is 65.7 Å². The first-order chi connectivity index (χ1) is 12.7. The molecule has 6 nitrogen and oxygen atoms in total. The number of hydrogen-bond acceptors (Lipinski definition) is 5. The number of fused-ring (bicyclic) bond motifs is 5. The Kier molecular flexibility index (Phi) is 3.09. The van der Waals surface area contributed by atoms with Crippen LogP contribution < -0.4 is 19.9 Å². The normalized spacial score (nSPS) is 12.8. The van der Waals surface area contributed by atoms with E-state index in [9.17, 15) is 4.79 Å². The number of ether oxygens (including phenoxy) is 2. The lowest BCUT2D eigenvalue weighted by Gasteiger charge is -2.16. The summed E-state index contributed by atoms with van der Waals surface area (Å²) >= 11 is 0. The molecule has 0 saturated heterocycles. The second-order valence-corrected chi connectivity index (χ2v) is 6.32. The highest BCUT2D eigenvalue weighted by atomic mass is 16.6. The van der Waals surface area contributed by atoms with Gasteiger partial charge in [-0.15, -0.1) is 0 Å². The van der Waals surface area contributed by atoms with Gasteiger partial charge in [-0.3, -0.25) is 0 Å². The number of aryl methyl sites for hydroxylation is 2. The lowest BCUT2D eigenvalue weighted by Crippen LogP contribution is -2.40. The number of nitrogens with zero attached hydrogens (tertiary/aromatic N) is 1. The molecule has 26 heavy (non-hydrogen) atoms. The molecule has 0 N–H and O–H groups in total. The molecule has 0 fully saturated rings. The third kappa shape index (κ3) is 2.05. The number of hydrogen-bond donors (Lipinski definition) is 0. The quantitative estimate of drug-likeness (QED) is 0.520. The maximum absolute atomic E-state index is 11.4. The van der Waals surface area contributed by atoms with Gasteiger partial charge in [-0.2, -0.15) is 4.57 Å². The molecule has 1 aliphatic rings. The molecular formula is C20H16NO5+. The van der Waals surface area contributed by atoms with E-state index in [1.165, 1.54) is 0 Å². The highest BCUT2D eigenvalue weighted by Crippen LogP contribution is 2.37. The van der Waals surface area contributed by atoms with Crippen molar-refractivity contribution in [1.82, 2.24) is 0 Å². The molecule has 0 aliphatic carbocycles. The van der Waals surface area contributed by atoms with Gasteiger partial charge in [-0.1, -0.05) is 0 Å². The van der Waals surface area contributed by atoms with E-state index >= 15 is 0 Å². The molecule has 0 atom stereocenters. The van der Waals surface area contributed by atoms with E-state index in [-0.39, 0.29) is 0 Å². The van der Waals surface area contributed by atoms with Gasteiger partial charge in [-0.05, 0) is 35.2 Å². The van der Waals surface area contributed by atoms with Crippen LogP contribution in [-0.4, -0.2) is 14.2 Å². The minimum absolute atomic E-state index is 0.467. The van der Waals surface area contributed by atoms with Crippen molar-refractivity contribution in [1.29, 1.82) is 0 Å². The molecule has 0 saturated carbocycles. The van der Waals surface area contributed by atoms with Gasteiger partial charge in [0.2, 0.25) is 5.69 Å². The summed E-state index contributed by atoms with van der Waals surface area (Å²) in [6, 6.07) is 9.83. The molecule has 130 valence electrons. The smallest absolute Gasteiger partial charge is 0.493 e. The zero-order valence-electron chi connectivity index (χ0n) is 14.4. The number of pyridine rings is 1. The Balaban J connectivity index is 1.79. The third-order valence-electron chi connectivity index (χ3n) is 4.96. The van der Waals surface area contributed by atoms with Crippen LogP contribution in [-0.2, 0) is 13.0 Å². The summed E-state index contributed by atoms with van der Waals surface area (Å²) in [4.78, 5) is 11.4. The van der Waals surface area contributed by atoms with E-state index < -0.39 is 5.82 Å². The first-order valence-corrected chi connectivity index (χ1v) is 8.33. The van der Waals surface area contributed by atoms with Crippen molar-refractivity contribution in [3.8, 4) is 22.8 Å². The van der Waals surface area contributed by atoms with E-state index in [0.29, 0.717) is 16.9 Å². The average molecular weight is 350 g/mol. The first kappa shape index (κ1) is 15.0. The SMILES string of the molecule is COc1ccc2cc3[n+](cc2c1OC)CCc1cc2oc(=O)oc2cc1-3. The second-order valence-electron chi connectivity index (χ2n) is 6.32. The van der Waals surface area contributed by atoms with E-state index in [1.807, 2.05) is 24.3 Å². The molecule has 1 aliphatic heterocycles. The van der Waals surface area contributed by atoms with Crippen molar-refractivity contribution in [2.24, 2.45) is 0 Å². The molecule has 0 amide bonds. The van der Waals surface area contributed by atoms with Crippen LogP contribution >= 0.6 is 0 Å². The Hall–Kier alpha value is -3.28. The van der Waals surface area contributed by atoms with Gasteiger partial charge in [0.05, 0.1) is 25.2 Å². The van der Waals surface area contributed by atoms with Gasteiger partial charge in [0.25, 0.3) is 0 Å². The van der Waals surface area contributed by atoms with Crippen molar-refractivity contribution in [2.45, 2.75) is 13.0 Å². The molecule has 3 heterocycles. The van der Waals surface area contributed by atoms with E-state index in [1.54, 1.807) is 14.2 Å². The van der Waals surface area contributed by atoms with Crippen LogP contribution in [0.5, 0.6) is 11.5 Å². The van der Waals surface area contributed by atoms with Crippen molar-refractivity contribution in [3.05, 3.63) is 52.7 Å². The molecular weight excluding hydrogens is 334 g/mol. The first-order valence-electron chi connectivity index (χ1n) is 8.33. The van der Waals surface area contributed by atoms with Gasteiger partial charge < -0.3 is 18.3 Å². The maximum Gasteiger partial charge on any atom is 0.519 e. The minimum Gasteiger partial charge on any atom is -0.493 e. The van der Waals surface area contributed by atoms with Crippen molar-refractivity contribution < 1.29 is 22.9 Å². The highest BCUT2D eigenvalue weighted by molar-refractivity contribution is 5.92. The summed E-state index contributed by atoms with van der Waals surface area (Å²) in [5.74, 6) is 0.756. The van der Waals surface area contributed by atoms with Crippen LogP contribution in [0.3, 0.4) is 0 Å². The molecule has 5 rings (SSSR count). The summed E-state index contributed by atoms with van der Waals surface area (Å²) in [5, 5.41) is 2.05. The number of benzene rings is 2. The van der Waals surface area contributed by atoms with Crippen LogP contribution in [0.4, 0.5) is 0 Å². The Morgan fingerprint density at radius 2 is 1.85 bits per heavy atom. The van der Waals surface area contributed by atoms with E-state index in [4.69, 9.17) is 18.3 Å². The predicted molar refractivity (Wildman–Crippen MR) is 94.7 cm³/mol. The molecule has 0 bridgehead atoms. The van der Waals surface area contributed by atoms with E-state index in [0.717, 1.165) is 46.3 Å². The zero-order chi connectivity index (χ0) is 17.8. The van der Waals surface area contributed by atoms with Crippen LogP contribution in [0.1, 0.15) is 5.56 Å². The fourth-order valence-corrected chi connectivity index (χ4v) is 3.75. The molecule has 0 radical (unpaired) electrons. The molecule has 0 unspecified atom stereocenters. The van der Waals surface area contributed by atoms with Gasteiger partial charge in [0.15, 0.2) is 35.4 Å². The average Bonchev–Trinajstić information content (AvgIpc) is 3.02. The lowest BCUT2D eigenvalue weighted by molar-refractivity contribution is -0.686. The second kappa shape index (κ2) is 5.36. The summed E-state index contributed by atoms with van der Waals surface area (Å²) in [6.45, 7) is 0.826. The van der Waals surface area contributed by atoms with Gasteiger partial charge in [0.1, 0.15) is 0 Å². The van der Waals surface area contributed by atoms with Gasteiger partial charge >= 0.3 is 5.82 Å². The van der Waals surface area contributed by atoms with Crippen molar-refractivity contribution >= 4 is 21.9 Å². The Labute approximate surface area is 148 Å². The number of rotatable bonds is 2. The summed E-state index contributed by atoms with van der Waals surface area (Å²) in [7, 11) is 3.28. The molecule has 0 spiro atoms.